The molecule has 2 fully saturated rings. The summed E-state index contributed by atoms with van der Waals surface area (Å²) in [7, 11) is 0. The van der Waals surface area contributed by atoms with Gasteiger partial charge in [0, 0.05) is 55.9 Å². The molecule has 1 saturated heterocycles. The van der Waals surface area contributed by atoms with Gasteiger partial charge in [-0.05, 0) is 69.7 Å². The lowest BCUT2D eigenvalue weighted by molar-refractivity contribution is -0.151. The van der Waals surface area contributed by atoms with Crippen LogP contribution >= 0.6 is 0 Å². The van der Waals surface area contributed by atoms with Crippen LogP contribution < -0.4 is 0 Å². The molecule has 0 spiro atoms. The number of aliphatic hydroxyl groups excluding tert-OH is 1. The topological polar surface area (TPSA) is 112 Å². The van der Waals surface area contributed by atoms with Crippen molar-refractivity contribution in [2.75, 3.05) is 26.2 Å². The van der Waals surface area contributed by atoms with Gasteiger partial charge in [0.25, 0.3) is 0 Å². The number of amides is 1. The van der Waals surface area contributed by atoms with Crippen molar-refractivity contribution < 1.29 is 29.3 Å². The molecule has 1 amide bonds. The highest BCUT2D eigenvalue weighted by Crippen LogP contribution is 2.28. The SMILES string of the molecule is C/C(=C\C=C\C(C)c1ncccc1C)[C@H]1OC(=O)C[C@H](O)CC[C@@](C)(O)[C@@H](OC(=O)N2CCN(C3CCCCCC3)CC2)/C=C\[C@@H]1C. The van der Waals surface area contributed by atoms with Gasteiger partial charge < -0.3 is 24.6 Å². The van der Waals surface area contributed by atoms with Crippen LogP contribution in [0.25, 0.3) is 0 Å². The molecule has 1 saturated carbocycles. The number of carbonyl (C=O) groups is 2. The lowest BCUT2D eigenvalue weighted by Crippen LogP contribution is -2.53. The van der Waals surface area contributed by atoms with E-state index in [9.17, 15) is 19.8 Å². The highest BCUT2D eigenvalue weighted by Gasteiger charge is 2.37. The van der Waals surface area contributed by atoms with Crippen molar-refractivity contribution in [1.29, 1.82) is 0 Å². The van der Waals surface area contributed by atoms with Gasteiger partial charge in [0.1, 0.15) is 11.7 Å². The number of cyclic esters (lactones) is 1. The average molecular weight is 652 g/mol. The van der Waals surface area contributed by atoms with Crippen LogP contribution in [-0.2, 0) is 14.3 Å². The molecular formula is C38H57N3O6. The summed E-state index contributed by atoms with van der Waals surface area (Å²) in [4.78, 5) is 35.1. The maximum absolute atomic E-state index is 13.4. The van der Waals surface area contributed by atoms with Gasteiger partial charge in [0.2, 0.25) is 0 Å². The molecule has 3 aliphatic rings. The summed E-state index contributed by atoms with van der Waals surface area (Å²) in [6.45, 7) is 12.4. The summed E-state index contributed by atoms with van der Waals surface area (Å²) in [5, 5.41) is 22.2. The van der Waals surface area contributed by atoms with E-state index in [1.165, 1.54) is 38.5 Å². The van der Waals surface area contributed by atoms with Crippen LogP contribution in [0.5, 0.6) is 0 Å². The molecule has 1 aliphatic carbocycles. The van der Waals surface area contributed by atoms with Crippen molar-refractivity contribution in [2.45, 2.75) is 128 Å². The minimum atomic E-state index is -1.44. The van der Waals surface area contributed by atoms with E-state index in [0.29, 0.717) is 19.1 Å². The zero-order chi connectivity index (χ0) is 34.0. The van der Waals surface area contributed by atoms with Gasteiger partial charge in [-0.2, -0.15) is 0 Å². The number of ether oxygens (including phenoxy) is 2. The van der Waals surface area contributed by atoms with E-state index in [1.807, 2.05) is 51.1 Å². The Morgan fingerprint density at radius 1 is 1.13 bits per heavy atom. The molecule has 0 bridgehead atoms. The third-order valence-electron chi connectivity index (χ3n) is 10.2. The average Bonchev–Trinajstić information content (AvgIpc) is 3.34. The molecule has 2 N–H and O–H groups in total. The van der Waals surface area contributed by atoms with Crippen LogP contribution in [0.1, 0.15) is 103 Å². The standard InChI is InChI=1S/C38H57N3O6/c1-27(35-28(2)14-11-21-39-35)12-10-13-29(3)36-30(4)17-18-33(38(5,45)20-19-32(42)26-34(43)47-36)46-37(44)41-24-22-40(23-25-41)31-15-8-6-7-9-16-31/h10-14,17-18,21,27,30-33,36,42,45H,6-9,15-16,19-20,22-26H2,1-5H3/b12-10+,18-17-,29-13+/t27?,30-,32+,33-,36+,38+/m0/s1. The number of aliphatic hydroxyl groups is 2. The van der Waals surface area contributed by atoms with Gasteiger partial charge in [-0.3, -0.25) is 14.7 Å². The molecule has 2 aliphatic heterocycles. The van der Waals surface area contributed by atoms with Crippen molar-refractivity contribution in [3.8, 4) is 0 Å². The number of rotatable bonds is 6. The molecule has 47 heavy (non-hydrogen) atoms. The fourth-order valence-electron chi connectivity index (χ4n) is 7.06. The molecular weight excluding hydrogens is 594 g/mol. The van der Waals surface area contributed by atoms with Gasteiger partial charge in [0.15, 0.2) is 6.10 Å². The number of pyridine rings is 1. The molecule has 4 rings (SSSR count). The summed E-state index contributed by atoms with van der Waals surface area (Å²) in [6, 6.07) is 4.57. The second kappa shape index (κ2) is 17.4. The van der Waals surface area contributed by atoms with E-state index in [-0.39, 0.29) is 31.1 Å². The molecule has 1 unspecified atom stereocenters. The Balaban J connectivity index is 1.46. The van der Waals surface area contributed by atoms with Crippen molar-refractivity contribution in [3.63, 3.8) is 0 Å². The molecule has 260 valence electrons. The van der Waals surface area contributed by atoms with E-state index in [4.69, 9.17) is 9.47 Å². The molecule has 0 aromatic carbocycles. The molecule has 1 aromatic heterocycles. The van der Waals surface area contributed by atoms with Crippen LogP contribution in [0.4, 0.5) is 4.79 Å². The van der Waals surface area contributed by atoms with Gasteiger partial charge in [-0.25, -0.2) is 4.79 Å². The first-order valence-corrected chi connectivity index (χ1v) is 17.7. The zero-order valence-electron chi connectivity index (χ0n) is 29.1. The number of esters is 1. The Morgan fingerprint density at radius 3 is 2.51 bits per heavy atom. The van der Waals surface area contributed by atoms with Crippen molar-refractivity contribution in [2.24, 2.45) is 5.92 Å². The number of aromatic nitrogens is 1. The third-order valence-corrected chi connectivity index (χ3v) is 10.2. The third kappa shape index (κ3) is 10.7. The fourth-order valence-corrected chi connectivity index (χ4v) is 7.06. The molecule has 9 heteroatoms. The minimum Gasteiger partial charge on any atom is -0.457 e. The zero-order valence-corrected chi connectivity index (χ0v) is 29.1. The van der Waals surface area contributed by atoms with Crippen LogP contribution in [0, 0.1) is 12.8 Å². The molecule has 9 nitrogen and oxygen atoms in total. The van der Waals surface area contributed by atoms with E-state index in [2.05, 4.69) is 22.9 Å². The number of nitrogens with zero attached hydrogens (tertiary/aromatic N) is 3. The largest absolute Gasteiger partial charge is 0.457 e. The minimum absolute atomic E-state index is 0.101. The molecule has 0 radical (unpaired) electrons. The maximum atomic E-state index is 13.4. The summed E-state index contributed by atoms with van der Waals surface area (Å²) >= 11 is 0. The first-order chi connectivity index (χ1) is 22.4. The number of aryl methyl sites for hydroxylation is 1. The Morgan fingerprint density at radius 2 is 1.83 bits per heavy atom. The van der Waals surface area contributed by atoms with E-state index < -0.39 is 36.0 Å². The molecule has 3 heterocycles. The van der Waals surface area contributed by atoms with E-state index in [0.717, 1.165) is 29.9 Å². The second-order valence-electron chi connectivity index (χ2n) is 14.2. The highest BCUT2D eigenvalue weighted by molar-refractivity contribution is 5.70. The molecule has 1 aromatic rings. The van der Waals surface area contributed by atoms with Gasteiger partial charge in [0.05, 0.1) is 12.5 Å². The Hall–Kier alpha value is -3.01. The maximum Gasteiger partial charge on any atom is 0.410 e. The Labute approximate surface area is 281 Å². The Bertz CT molecular complexity index is 1260. The lowest BCUT2D eigenvalue weighted by Gasteiger charge is -2.40. The number of hydrogen-bond acceptors (Lipinski definition) is 8. The predicted octanol–water partition coefficient (Wildman–Crippen LogP) is 6.24. The van der Waals surface area contributed by atoms with Crippen LogP contribution in [0.15, 0.2) is 54.3 Å². The Kier molecular flexibility index (Phi) is 13.6. The van der Waals surface area contributed by atoms with Crippen LogP contribution in [0.2, 0.25) is 0 Å². The van der Waals surface area contributed by atoms with Crippen molar-refractivity contribution in [3.05, 3.63) is 65.5 Å². The van der Waals surface area contributed by atoms with Crippen LogP contribution in [0.3, 0.4) is 0 Å². The van der Waals surface area contributed by atoms with Gasteiger partial charge in [-0.15, -0.1) is 0 Å². The van der Waals surface area contributed by atoms with Gasteiger partial charge >= 0.3 is 12.1 Å². The normalized spacial score (nSPS) is 30.9. The van der Waals surface area contributed by atoms with Gasteiger partial charge in [-0.1, -0.05) is 69.9 Å². The summed E-state index contributed by atoms with van der Waals surface area (Å²) in [5.74, 6) is -0.692. The molecule has 6 atom stereocenters. The van der Waals surface area contributed by atoms with Crippen molar-refractivity contribution >= 4 is 12.1 Å². The first-order valence-electron chi connectivity index (χ1n) is 17.7. The van der Waals surface area contributed by atoms with E-state index in [1.54, 1.807) is 24.1 Å². The number of hydrogen-bond donors (Lipinski definition) is 2. The quantitative estimate of drug-likeness (QED) is 0.161. The smallest absolute Gasteiger partial charge is 0.410 e. The predicted molar refractivity (Wildman–Crippen MR) is 184 cm³/mol. The summed E-state index contributed by atoms with van der Waals surface area (Å²) in [5.41, 5.74) is 1.52. The van der Waals surface area contributed by atoms with Crippen LogP contribution in [-0.4, -0.2) is 93.2 Å². The summed E-state index contributed by atoms with van der Waals surface area (Å²) < 4.78 is 11.9. The first kappa shape index (κ1) is 36.8. The monoisotopic (exact) mass is 651 g/mol. The summed E-state index contributed by atoms with van der Waals surface area (Å²) in [6.07, 6.45) is 16.1. The number of allylic oxidation sites excluding steroid dienone is 3. The fraction of sp³-hybridized carbons (Fsp3) is 0.658. The lowest BCUT2D eigenvalue weighted by atomic mass is 9.88. The highest BCUT2D eigenvalue weighted by atomic mass is 16.6. The second-order valence-corrected chi connectivity index (χ2v) is 14.2. The number of carbonyl (C=O) groups excluding carboxylic acids is 2. The van der Waals surface area contributed by atoms with E-state index >= 15 is 0 Å². The van der Waals surface area contributed by atoms with Crippen molar-refractivity contribution in [1.82, 2.24) is 14.8 Å². The number of piperazine rings is 1.